The molecule has 2 atom stereocenters. The molecular formula is C17H16F2N4O. The smallest absolute Gasteiger partial charge is 0.315 e. The van der Waals surface area contributed by atoms with E-state index in [0.29, 0.717) is 5.82 Å². The number of nitrogen functional groups attached to an aromatic ring is 1. The van der Waals surface area contributed by atoms with Crippen molar-refractivity contribution in [1.82, 2.24) is 15.3 Å². The molecule has 0 spiro atoms. The van der Waals surface area contributed by atoms with Crippen LogP contribution >= 0.6 is 0 Å². The zero-order chi connectivity index (χ0) is 17.3. The minimum atomic E-state index is -3.03. The number of halogens is 2. The number of fused-ring (bicyclic) bond motifs is 1. The summed E-state index contributed by atoms with van der Waals surface area (Å²) in [7, 11) is 0. The molecule has 1 aliphatic rings. The number of alkyl halides is 2. The van der Waals surface area contributed by atoms with Crippen molar-refractivity contribution in [2.75, 3.05) is 5.73 Å². The van der Waals surface area contributed by atoms with Gasteiger partial charge in [0.15, 0.2) is 0 Å². The third-order valence-electron chi connectivity index (χ3n) is 4.01. The van der Waals surface area contributed by atoms with Gasteiger partial charge in [0.25, 0.3) is 5.91 Å². The molecule has 3 rings (SSSR count). The molecule has 0 fully saturated rings. The van der Waals surface area contributed by atoms with Gasteiger partial charge in [0.1, 0.15) is 12.1 Å². The third-order valence-corrected chi connectivity index (χ3v) is 4.01. The van der Waals surface area contributed by atoms with Gasteiger partial charge >= 0.3 is 6.43 Å². The fourth-order valence-electron chi connectivity index (χ4n) is 2.62. The van der Waals surface area contributed by atoms with E-state index in [1.807, 2.05) is 37.3 Å². The van der Waals surface area contributed by atoms with Gasteiger partial charge in [-0.1, -0.05) is 31.2 Å². The molecule has 0 saturated carbocycles. The number of carbonyl (C=O) groups excluding carboxylic acids is 1. The van der Waals surface area contributed by atoms with Gasteiger partial charge in [-0.05, 0) is 29.2 Å². The number of rotatable bonds is 3. The van der Waals surface area contributed by atoms with E-state index in [2.05, 4.69) is 15.3 Å². The molecule has 0 radical (unpaired) electrons. The number of carbonyl (C=O) groups is 1. The summed E-state index contributed by atoms with van der Waals surface area (Å²) in [5.74, 6) is -0.975. The van der Waals surface area contributed by atoms with Crippen LogP contribution in [0.1, 0.15) is 12.5 Å². The molecule has 24 heavy (non-hydrogen) atoms. The van der Waals surface area contributed by atoms with E-state index in [4.69, 9.17) is 5.73 Å². The summed E-state index contributed by atoms with van der Waals surface area (Å²) >= 11 is 0. The number of nitrogens with zero attached hydrogens (tertiary/aromatic N) is 2. The number of nitrogens with one attached hydrogen (secondary N) is 1. The number of anilines is 1. The summed E-state index contributed by atoms with van der Waals surface area (Å²) in [6, 6.07) is 5.05. The molecule has 0 bridgehead atoms. The van der Waals surface area contributed by atoms with Gasteiger partial charge in [0, 0.05) is 5.39 Å². The van der Waals surface area contributed by atoms with Gasteiger partial charge in [-0.3, -0.25) is 4.79 Å². The molecule has 0 aliphatic heterocycles. The molecule has 0 saturated heterocycles. The van der Waals surface area contributed by atoms with E-state index in [0.717, 1.165) is 22.0 Å². The fraction of sp³-hybridized carbons (Fsp3) is 0.235. The van der Waals surface area contributed by atoms with Gasteiger partial charge in [-0.15, -0.1) is 0 Å². The summed E-state index contributed by atoms with van der Waals surface area (Å²) in [5, 5.41) is 3.07. The number of aromatic nitrogens is 2. The Balaban J connectivity index is 1.94. The lowest BCUT2D eigenvalue weighted by Gasteiger charge is -2.24. The topological polar surface area (TPSA) is 80.9 Å². The molecule has 1 amide bonds. The van der Waals surface area contributed by atoms with E-state index in [-0.39, 0.29) is 5.92 Å². The third kappa shape index (κ3) is 3.10. The Morgan fingerprint density at radius 1 is 1.33 bits per heavy atom. The van der Waals surface area contributed by atoms with E-state index in [1.54, 1.807) is 6.08 Å². The van der Waals surface area contributed by atoms with Crippen LogP contribution in [0.2, 0.25) is 0 Å². The second kappa shape index (κ2) is 6.35. The summed E-state index contributed by atoms with van der Waals surface area (Å²) in [4.78, 5) is 19.4. The highest BCUT2D eigenvalue weighted by Crippen LogP contribution is 2.28. The molecule has 1 aromatic carbocycles. The average molecular weight is 330 g/mol. The van der Waals surface area contributed by atoms with Crippen LogP contribution in [-0.2, 0) is 4.79 Å². The van der Waals surface area contributed by atoms with E-state index < -0.39 is 18.4 Å². The number of amides is 1. The van der Waals surface area contributed by atoms with Crippen LogP contribution in [0.4, 0.5) is 14.6 Å². The second-order valence-electron chi connectivity index (χ2n) is 5.67. The molecule has 7 heteroatoms. The molecule has 2 unspecified atom stereocenters. The molecule has 1 aliphatic carbocycles. The summed E-state index contributed by atoms with van der Waals surface area (Å²) in [6.45, 7) is 1.85. The summed E-state index contributed by atoms with van der Waals surface area (Å²) < 4.78 is 24.9. The first-order chi connectivity index (χ1) is 11.5. The lowest BCUT2D eigenvalue weighted by atomic mass is 9.89. The Morgan fingerprint density at radius 2 is 2.12 bits per heavy atom. The van der Waals surface area contributed by atoms with Crippen LogP contribution in [0.25, 0.3) is 16.5 Å². The molecule has 1 heterocycles. The van der Waals surface area contributed by atoms with E-state index >= 15 is 0 Å². The Bertz CT molecular complexity index is 848. The fourth-order valence-corrected chi connectivity index (χ4v) is 2.62. The van der Waals surface area contributed by atoms with Gasteiger partial charge < -0.3 is 11.1 Å². The highest BCUT2D eigenvalue weighted by Gasteiger charge is 2.23. The predicted octanol–water partition coefficient (Wildman–Crippen LogP) is 2.55. The van der Waals surface area contributed by atoms with E-state index in [1.165, 1.54) is 6.33 Å². The molecule has 3 N–H and O–H groups in total. The molecule has 124 valence electrons. The van der Waals surface area contributed by atoms with Crippen LogP contribution in [0, 0.1) is 5.92 Å². The van der Waals surface area contributed by atoms with Crippen molar-refractivity contribution in [2.24, 2.45) is 5.92 Å². The average Bonchev–Trinajstić information content (AvgIpc) is 2.57. The van der Waals surface area contributed by atoms with Crippen molar-refractivity contribution in [1.29, 1.82) is 0 Å². The lowest BCUT2D eigenvalue weighted by Crippen LogP contribution is -2.41. The molecular weight excluding hydrogens is 314 g/mol. The van der Waals surface area contributed by atoms with Gasteiger partial charge in [0.2, 0.25) is 0 Å². The Kier molecular flexibility index (Phi) is 4.24. The number of hydrogen-bond acceptors (Lipinski definition) is 4. The van der Waals surface area contributed by atoms with Crippen molar-refractivity contribution in [3.8, 4) is 0 Å². The first kappa shape index (κ1) is 16.0. The van der Waals surface area contributed by atoms with Crippen molar-refractivity contribution in [2.45, 2.75) is 19.4 Å². The maximum Gasteiger partial charge on any atom is 0.315 e. The monoisotopic (exact) mass is 330 g/mol. The summed E-state index contributed by atoms with van der Waals surface area (Å²) in [5.41, 5.74) is 8.27. The lowest BCUT2D eigenvalue weighted by molar-refractivity contribution is -0.132. The van der Waals surface area contributed by atoms with Crippen molar-refractivity contribution in [3.05, 3.63) is 48.3 Å². The van der Waals surface area contributed by atoms with E-state index in [9.17, 15) is 13.6 Å². The number of benzene rings is 1. The summed E-state index contributed by atoms with van der Waals surface area (Å²) in [6.07, 6.45) is 3.91. The van der Waals surface area contributed by atoms with Crippen LogP contribution in [0.3, 0.4) is 0 Å². The maximum absolute atomic E-state index is 12.5. The van der Waals surface area contributed by atoms with Crippen LogP contribution < -0.4 is 11.1 Å². The SMILES string of the molecule is CC1C=CC(c2ccc3ncnc(N)c3c2)=CC1NC(=O)C(F)F. The first-order valence-electron chi connectivity index (χ1n) is 7.45. The largest absolute Gasteiger partial charge is 0.383 e. The van der Waals surface area contributed by atoms with Crippen LogP contribution in [0.5, 0.6) is 0 Å². The molecule has 1 aromatic heterocycles. The predicted molar refractivity (Wildman–Crippen MR) is 88.2 cm³/mol. The maximum atomic E-state index is 12.5. The number of hydrogen-bond donors (Lipinski definition) is 2. The van der Waals surface area contributed by atoms with Gasteiger partial charge in [0.05, 0.1) is 11.6 Å². The number of nitrogens with two attached hydrogens (primary N) is 1. The minimum Gasteiger partial charge on any atom is -0.383 e. The minimum absolute atomic E-state index is 0.0784. The van der Waals surface area contributed by atoms with Crippen molar-refractivity contribution < 1.29 is 13.6 Å². The number of allylic oxidation sites excluding steroid dienone is 2. The Hall–Kier alpha value is -2.83. The second-order valence-corrected chi connectivity index (χ2v) is 5.67. The standard InChI is InChI=1S/C17H16F2N4O/c1-9-2-3-11(7-14(9)23-17(24)15(18)19)10-4-5-13-12(6-10)16(20)22-8-21-13/h2-9,14-15H,1H3,(H,23,24)(H2,20,21,22). The highest BCUT2D eigenvalue weighted by atomic mass is 19.3. The zero-order valence-electron chi connectivity index (χ0n) is 12.9. The van der Waals surface area contributed by atoms with Crippen LogP contribution in [-0.4, -0.2) is 28.3 Å². The van der Waals surface area contributed by atoms with Gasteiger partial charge in [-0.25, -0.2) is 9.97 Å². The molecule has 5 nitrogen and oxygen atoms in total. The normalized spacial score (nSPS) is 20.2. The first-order valence-corrected chi connectivity index (χ1v) is 7.45. The Labute approximate surface area is 137 Å². The van der Waals surface area contributed by atoms with Crippen molar-refractivity contribution >= 4 is 28.2 Å². The zero-order valence-corrected chi connectivity index (χ0v) is 12.9. The van der Waals surface area contributed by atoms with Gasteiger partial charge in [-0.2, -0.15) is 8.78 Å². The van der Waals surface area contributed by atoms with Crippen molar-refractivity contribution in [3.63, 3.8) is 0 Å². The highest BCUT2D eigenvalue weighted by molar-refractivity contribution is 5.92. The molecule has 2 aromatic rings. The Morgan fingerprint density at radius 3 is 2.88 bits per heavy atom. The van der Waals surface area contributed by atoms with Crippen LogP contribution in [0.15, 0.2) is 42.8 Å². The quantitative estimate of drug-likeness (QED) is 0.906.